The van der Waals surface area contributed by atoms with Gasteiger partial charge in [0.05, 0.1) is 17.0 Å². The lowest BCUT2D eigenvalue weighted by Crippen LogP contribution is -2.23. The second-order valence-electron chi connectivity index (χ2n) is 6.27. The Labute approximate surface area is 168 Å². The molecule has 0 aliphatic rings. The van der Waals surface area contributed by atoms with Crippen LogP contribution in [-0.4, -0.2) is 46.4 Å². The SMILES string of the molecule is CN(C)C(=O)CSc1ccccc1C(=O)OCc1ccc(-n2cccn2)cc1. The number of carbonyl (C=O) groups is 2. The van der Waals surface area contributed by atoms with Gasteiger partial charge in [0.15, 0.2) is 0 Å². The molecule has 3 aromatic rings. The number of thioether (sulfide) groups is 1. The van der Waals surface area contributed by atoms with E-state index in [2.05, 4.69) is 5.10 Å². The number of amides is 1. The molecule has 0 saturated heterocycles. The average molecular weight is 395 g/mol. The number of ether oxygens (including phenoxy) is 1. The maximum Gasteiger partial charge on any atom is 0.339 e. The molecule has 6 nitrogen and oxygen atoms in total. The zero-order valence-corrected chi connectivity index (χ0v) is 16.6. The highest BCUT2D eigenvalue weighted by molar-refractivity contribution is 8.00. The first kappa shape index (κ1) is 19.7. The van der Waals surface area contributed by atoms with Crippen molar-refractivity contribution in [1.29, 1.82) is 0 Å². The maximum atomic E-state index is 12.5. The van der Waals surface area contributed by atoms with Crippen molar-refractivity contribution in [1.82, 2.24) is 14.7 Å². The Bertz CT molecular complexity index is 938. The van der Waals surface area contributed by atoms with Gasteiger partial charge in [0.1, 0.15) is 6.61 Å². The van der Waals surface area contributed by atoms with E-state index in [-0.39, 0.29) is 18.3 Å². The van der Waals surface area contributed by atoms with Gasteiger partial charge in [-0.05, 0) is 35.9 Å². The van der Waals surface area contributed by atoms with E-state index in [1.807, 2.05) is 48.7 Å². The molecule has 0 unspecified atom stereocenters. The van der Waals surface area contributed by atoms with Crippen molar-refractivity contribution in [2.75, 3.05) is 19.8 Å². The Kier molecular flexibility index (Phi) is 6.49. The van der Waals surface area contributed by atoms with E-state index in [1.54, 1.807) is 37.1 Å². The molecule has 3 rings (SSSR count). The third kappa shape index (κ3) is 5.01. The molecule has 0 saturated carbocycles. The van der Waals surface area contributed by atoms with Crippen LogP contribution < -0.4 is 0 Å². The summed E-state index contributed by atoms with van der Waals surface area (Å²) < 4.78 is 7.23. The van der Waals surface area contributed by atoms with Crippen molar-refractivity contribution in [3.05, 3.63) is 78.1 Å². The van der Waals surface area contributed by atoms with Gasteiger partial charge in [-0.25, -0.2) is 9.48 Å². The van der Waals surface area contributed by atoms with Gasteiger partial charge in [-0.15, -0.1) is 11.8 Å². The minimum atomic E-state index is -0.406. The van der Waals surface area contributed by atoms with Crippen LogP contribution in [0, 0.1) is 0 Å². The van der Waals surface area contributed by atoms with Gasteiger partial charge >= 0.3 is 5.97 Å². The molecule has 1 aromatic heterocycles. The summed E-state index contributed by atoms with van der Waals surface area (Å²) in [5, 5.41) is 4.18. The molecule has 2 aromatic carbocycles. The molecular weight excluding hydrogens is 374 g/mol. The van der Waals surface area contributed by atoms with Gasteiger partial charge in [0, 0.05) is 31.4 Å². The predicted octanol–water partition coefficient (Wildman–Crippen LogP) is 3.41. The number of benzene rings is 2. The van der Waals surface area contributed by atoms with E-state index >= 15 is 0 Å². The number of aromatic nitrogens is 2. The van der Waals surface area contributed by atoms with Crippen molar-refractivity contribution in [3.63, 3.8) is 0 Å². The molecule has 28 heavy (non-hydrogen) atoms. The smallest absolute Gasteiger partial charge is 0.339 e. The number of esters is 1. The molecule has 1 heterocycles. The molecule has 1 amide bonds. The van der Waals surface area contributed by atoms with Gasteiger partial charge in [-0.2, -0.15) is 5.10 Å². The average Bonchev–Trinajstić information content (AvgIpc) is 3.25. The summed E-state index contributed by atoms with van der Waals surface area (Å²) in [4.78, 5) is 26.6. The number of nitrogens with zero attached hydrogens (tertiary/aromatic N) is 3. The lowest BCUT2D eigenvalue weighted by Gasteiger charge is -2.12. The van der Waals surface area contributed by atoms with Crippen molar-refractivity contribution in [2.45, 2.75) is 11.5 Å². The van der Waals surface area contributed by atoms with Crippen LogP contribution in [0.5, 0.6) is 0 Å². The monoisotopic (exact) mass is 395 g/mol. The minimum Gasteiger partial charge on any atom is -0.457 e. The fraction of sp³-hybridized carbons (Fsp3) is 0.190. The quantitative estimate of drug-likeness (QED) is 0.453. The number of hydrogen-bond acceptors (Lipinski definition) is 5. The molecular formula is C21H21N3O3S. The lowest BCUT2D eigenvalue weighted by atomic mass is 10.2. The van der Waals surface area contributed by atoms with Crippen LogP contribution in [0.25, 0.3) is 5.69 Å². The maximum absolute atomic E-state index is 12.5. The molecule has 0 N–H and O–H groups in total. The van der Waals surface area contributed by atoms with Crippen LogP contribution in [0.2, 0.25) is 0 Å². The fourth-order valence-electron chi connectivity index (χ4n) is 2.42. The zero-order valence-electron chi connectivity index (χ0n) is 15.7. The number of carbonyl (C=O) groups excluding carboxylic acids is 2. The summed E-state index contributed by atoms with van der Waals surface area (Å²) in [7, 11) is 3.42. The Morgan fingerprint density at radius 3 is 2.50 bits per heavy atom. The molecule has 0 atom stereocenters. The predicted molar refractivity (Wildman–Crippen MR) is 109 cm³/mol. The van der Waals surface area contributed by atoms with Crippen LogP contribution in [0.4, 0.5) is 0 Å². The molecule has 0 aliphatic carbocycles. The van der Waals surface area contributed by atoms with Gasteiger partial charge < -0.3 is 9.64 Å². The Morgan fingerprint density at radius 2 is 1.82 bits per heavy atom. The van der Waals surface area contributed by atoms with E-state index in [9.17, 15) is 9.59 Å². The first-order chi connectivity index (χ1) is 13.5. The third-order valence-electron chi connectivity index (χ3n) is 4.03. The second kappa shape index (κ2) is 9.23. The van der Waals surface area contributed by atoms with E-state index in [0.29, 0.717) is 5.56 Å². The molecule has 0 aliphatic heterocycles. The largest absolute Gasteiger partial charge is 0.457 e. The Balaban J connectivity index is 1.61. The molecule has 0 fully saturated rings. The normalized spacial score (nSPS) is 10.5. The first-order valence-electron chi connectivity index (χ1n) is 8.72. The third-order valence-corrected chi connectivity index (χ3v) is 5.09. The molecule has 144 valence electrons. The molecule has 0 spiro atoms. The van der Waals surface area contributed by atoms with Crippen LogP contribution >= 0.6 is 11.8 Å². The summed E-state index contributed by atoms with van der Waals surface area (Å²) in [5.41, 5.74) is 2.29. The lowest BCUT2D eigenvalue weighted by molar-refractivity contribution is -0.125. The molecule has 0 radical (unpaired) electrons. The highest BCUT2D eigenvalue weighted by Crippen LogP contribution is 2.24. The molecule has 0 bridgehead atoms. The first-order valence-corrected chi connectivity index (χ1v) is 9.71. The highest BCUT2D eigenvalue weighted by Gasteiger charge is 2.15. The highest BCUT2D eigenvalue weighted by atomic mass is 32.2. The van der Waals surface area contributed by atoms with Gasteiger partial charge in [-0.3, -0.25) is 4.79 Å². The summed E-state index contributed by atoms with van der Waals surface area (Å²) in [6.07, 6.45) is 3.59. The molecule has 7 heteroatoms. The minimum absolute atomic E-state index is 0.00885. The van der Waals surface area contributed by atoms with E-state index in [1.165, 1.54) is 16.7 Å². The van der Waals surface area contributed by atoms with Crippen molar-refractivity contribution < 1.29 is 14.3 Å². The summed E-state index contributed by atoms with van der Waals surface area (Å²) >= 11 is 1.33. The number of hydrogen-bond donors (Lipinski definition) is 0. The van der Waals surface area contributed by atoms with Crippen LogP contribution in [0.1, 0.15) is 15.9 Å². The van der Waals surface area contributed by atoms with E-state index in [4.69, 9.17) is 4.74 Å². The zero-order chi connectivity index (χ0) is 19.9. The van der Waals surface area contributed by atoms with E-state index < -0.39 is 5.97 Å². The van der Waals surface area contributed by atoms with Gasteiger partial charge in [0.25, 0.3) is 0 Å². The van der Waals surface area contributed by atoms with Crippen LogP contribution in [0.3, 0.4) is 0 Å². The standard InChI is InChI=1S/C21H21N3O3S/c1-23(2)20(25)15-28-19-7-4-3-6-18(19)21(26)27-14-16-8-10-17(11-9-16)24-13-5-12-22-24/h3-13H,14-15H2,1-2H3. The van der Waals surface area contributed by atoms with Gasteiger partial charge in [-0.1, -0.05) is 24.3 Å². The fourth-order valence-corrected chi connectivity index (χ4v) is 3.44. The van der Waals surface area contributed by atoms with Crippen LogP contribution in [0.15, 0.2) is 71.9 Å². The summed E-state index contributed by atoms with van der Waals surface area (Å²) in [6.45, 7) is 0.174. The topological polar surface area (TPSA) is 64.4 Å². The summed E-state index contributed by atoms with van der Waals surface area (Å²) in [6, 6.07) is 16.7. The second-order valence-corrected chi connectivity index (χ2v) is 7.28. The van der Waals surface area contributed by atoms with Crippen molar-refractivity contribution >= 4 is 23.6 Å². The summed E-state index contributed by atoms with van der Waals surface area (Å²) in [5.74, 6) is -0.145. The van der Waals surface area contributed by atoms with Crippen molar-refractivity contribution in [2.24, 2.45) is 0 Å². The Morgan fingerprint density at radius 1 is 1.07 bits per heavy atom. The van der Waals surface area contributed by atoms with Crippen LogP contribution in [-0.2, 0) is 16.1 Å². The van der Waals surface area contributed by atoms with E-state index in [0.717, 1.165) is 16.1 Å². The Hall–Kier alpha value is -3.06. The van der Waals surface area contributed by atoms with Crippen molar-refractivity contribution in [3.8, 4) is 5.69 Å². The number of rotatable bonds is 7. The van der Waals surface area contributed by atoms with Gasteiger partial charge in [0.2, 0.25) is 5.91 Å².